The van der Waals surface area contributed by atoms with Crippen LogP contribution in [0.1, 0.15) is 16.1 Å². The number of aromatic nitrogens is 2. The van der Waals surface area contributed by atoms with E-state index in [9.17, 15) is 9.59 Å². The molecule has 1 N–H and O–H groups in total. The maximum Gasteiger partial charge on any atom is 0.252 e. The van der Waals surface area contributed by atoms with E-state index in [0.717, 1.165) is 36.8 Å². The third-order valence-electron chi connectivity index (χ3n) is 6.78. The zero-order valence-corrected chi connectivity index (χ0v) is 21.0. The molecule has 4 heterocycles. The summed E-state index contributed by atoms with van der Waals surface area (Å²) in [6, 6.07) is 14.3. The molecule has 3 aromatic rings. The summed E-state index contributed by atoms with van der Waals surface area (Å²) in [4.78, 5) is 42.5. The van der Waals surface area contributed by atoms with E-state index in [-0.39, 0.29) is 11.5 Å². The summed E-state index contributed by atoms with van der Waals surface area (Å²) in [5.74, 6) is 0.767. The third-order valence-corrected chi connectivity index (χ3v) is 7.65. The van der Waals surface area contributed by atoms with Gasteiger partial charge in [-0.05, 0) is 30.5 Å². The molecule has 2 aliphatic rings. The Morgan fingerprint density at radius 3 is 2.37 bits per heavy atom. The highest BCUT2D eigenvalue weighted by Crippen LogP contribution is 2.18. The van der Waals surface area contributed by atoms with Crippen LogP contribution in [0.2, 0.25) is 0 Å². The van der Waals surface area contributed by atoms with E-state index in [0.29, 0.717) is 45.1 Å². The lowest BCUT2D eigenvalue weighted by atomic mass is 10.2. The topological polar surface area (TPSA) is 75.8 Å². The van der Waals surface area contributed by atoms with Gasteiger partial charge in [-0.15, -0.1) is 11.3 Å². The number of nitrogens with one attached hydrogen (secondary N) is 1. The minimum atomic E-state index is -0.125. The summed E-state index contributed by atoms with van der Waals surface area (Å²) in [5, 5.41) is 2.00. The Balaban J connectivity index is 1.15. The Kier molecular flexibility index (Phi) is 7.15. The first-order valence-electron chi connectivity index (χ1n) is 12.2. The fourth-order valence-electron chi connectivity index (χ4n) is 4.72. The second-order valence-corrected chi connectivity index (χ2v) is 10.3. The Hall–Kier alpha value is -3.17. The van der Waals surface area contributed by atoms with Gasteiger partial charge < -0.3 is 14.7 Å². The van der Waals surface area contributed by atoms with Gasteiger partial charge in [0.25, 0.3) is 5.56 Å². The monoisotopic (exact) mass is 492 g/mol. The molecular formula is C26H32N6O2S. The average molecular weight is 493 g/mol. The van der Waals surface area contributed by atoms with Gasteiger partial charge in [0.15, 0.2) is 0 Å². The standard InChI is InChI=1S/C26H32N6O2S/c1-20-4-6-22(7-5-20)30-10-8-29(9-11-30)19-21-17-24(33)28-26(27-21)32-14-12-31(13-15-32)25(34)18-23-3-2-16-35-23/h2-7,16-17H,8-15,18-19H2,1H3,(H,27,28,33). The van der Waals surface area contributed by atoms with Crippen LogP contribution in [-0.2, 0) is 17.8 Å². The zero-order chi connectivity index (χ0) is 24.2. The summed E-state index contributed by atoms with van der Waals surface area (Å²) in [5.41, 5.74) is 3.21. The van der Waals surface area contributed by atoms with E-state index in [2.05, 4.69) is 50.9 Å². The lowest BCUT2D eigenvalue weighted by Gasteiger charge is -2.36. The van der Waals surface area contributed by atoms with Crippen LogP contribution < -0.4 is 15.4 Å². The number of rotatable bonds is 6. The van der Waals surface area contributed by atoms with Crippen molar-refractivity contribution in [2.24, 2.45) is 0 Å². The van der Waals surface area contributed by atoms with Crippen molar-refractivity contribution in [1.29, 1.82) is 0 Å². The van der Waals surface area contributed by atoms with E-state index in [1.807, 2.05) is 22.4 Å². The number of carbonyl (C=O) groups is 1. The molecule has 2 fully saturated rings. The molecule has 184 valence electrons. The van der Waals surface area contributed by atoms with Crippen LogP contribution in [0.15, 0.2) is 52.6 Å². The number of anilines is 2. The third kappa shape index (κ3) is 5.91. The van der Waals surface area contributed by atoms with Crippen molar-refractivity contribution in [3.8, 4) is 0 Å². The number of benzene rings is 1. The number of thiophene rings is 1. The van der Waals surface area contributed by atoms with Gasteiger partial charge in [0.05, 0.1) is 12.1 Å². The van der Waals surface area contributed by atoms with E-state index in [4.69, 9.17) is 4.98 Å². The summed E-state index contributed by atoms with van der Waals surface area (Å²) in [6.45, 7) is 9.16. The Bertz CT molecular complexity index is 1180. The average Bonchev–Trinajstić information content (AvgIpc) is 3.38. The van der Waals surface area contributed by atoms with Crippen molar-refractivity contribution in [1.82, 2.24) is 19.8 Å². The van der Waals surface area contributed by atoms with Gasteiger partial charge in [0.2, 0.25) is 11.9 Å². The number of nitrogens with zero attached hydrogens (tertiary/aromatic N) is 5. The molecule has 0 spiro atoms. The van der Waals surface area contributed by atoms with Crippen molar-refractivity contribution in [3.63, 3.8) is 0 Å². The molecule has 5 rings (SSSR count). The first-order chi connectivity index (χ1) is 17.0. The molecule has 0 unspecified atom stereocenters. The molecule has 0 saturated carbocycles. The van der Waals surface area contributed by atoms with E-state index >= 15 is 0 Å². The van der Waals surface area contributed by atoms with Crippen molar-refractivity contribution < 1.29 is 4.79 Å². The molecule has 35 heavy (non-hydrogen) atoms. The predicted octanol–water partition coefficient (Wildman–Crippen LogP) is 2.35. The summed E-state index contributed by atoms with van der Waals surface area (Å²) < 4.78 is 0. The van der Waals surface area contributed by atoms with Crippen LogP contribution in [0.5, 0.6) is 0 Å². The highest BCUT2D eigenvalue weighted by molar-refractivity contribution is 7.10. The molecule has 1 amide bonds. The van der Waals surface area contributed by atoms with Crippen molar-refractivity contribution in [2.45, 2.75) is 19.9 Å². The Morgan fingerprint density at radius 1 is 0.971 bits per heavy atom. The first-order valence-corrected chi connectivity index (χ1v) is 13.1. The molecule has 8 nitrogen and oxygen atoms in total. The first kappa shape index (κ1) is 23.6. The minimum Gasteiger partial charge on any atom is -0.369 e. The van der Waals surface area contributed by atoms with Gasteiger partial charge in [-0.1, -0.05) is 23.8 Å². The summed E-state index contributed by atoms with van der Waals surface area (Å²) >= 11 is 1.62. The lowest BCUT2D eigenvalue weighted by molar-refractivity contribution is -0.130. The Labute approximate surface area is 209 Å². The number of hydrogen-bond acceptors (Lipinski definition) is 7. The van der Waals surface area contributed by atoms with E-state index < -0.39 is 0 Å². The van der Waals surface area contributed by atoms with Crippen molar-refractivity contribution >= 4 is 28.9 Å². The molecular weight excluding hydrogens is 460 g/mol. The van der Waals surface area contributed by atoms with Crippen LogP contribution in [0.4, 0.5) is 11.6 Å². The van der Waals surface area contributed by atoms with Gasteiger partial charge in [-0.25, -0.2) is 4.98 Å². The van der Waals surface area contributed by atoms with Gasteiger partial charge in [0.1, 0.15) is 0 Å². The number of aromatic amines is 1. The maximum absolute atomic E-state index is 12.6. The number of piperazine rings is 2. The maximum atomic E-state index is 12.6. The molecule has 1 aromatic carbocycles. The van der Waals surface area contributed by atoms with Gasteiger partial charge in [-0.3, -0.25) is 19.5 Å². The number of amides is 1. The minimum absolute atomic E-state index is 0.125. The number of H-pyrrole nitrogens is 1. The molecule has 0 bridgehead atoms. The van der Waals surface area contributed by atoms with E-state index in [1.165, 1.54) is 11.3 Å². The molecule has 9 heteroatoms. The number of aryl methyl sites for hydroxylation is 1. The van der Waals surface area contributed by atoms with Crippen LogP contribution in [0.25, 0.3) is 0 Å². The van der Waals surface area contributed by atoms with E-state index in [1.54, 1.807) is 17.4 Å². The van der Waals surface area contributed by atoms with Crippen LogP contribution in [0, 0.1) is 6.92 Å². The lowest BCUT2D eigenvalue weighted by Crippen LogP contribution is -2.50. The van der Waals surface area contributed by atoms with Crippen molar-refractivity contribution in [2.75, 3.05) is 62.2 Å². The van der Waals surface area contributed by atoms with Gasteiger partial charge in [0, 0.05) is 75.5 Å². The van der Waals surface area contributed by atoms with Crippen LogP contribution in [0.3, 0.4) is 0 Å². The SMILES string of the molecule is Cc1ccc(N2CCN(Cc3cc(=O)[nH]c(N4CCN(C(=O)Cc5cccs5)CC4)n3)CC2)cc1. The zero-order valence-electron chi connectivity index (χ0n) is 20.2. The normalized spacial score (nSPS) is 17.1. The van der Waals surface area contributed by atoms with Crippen LogP contribution >= 0.6 is 11.3 Å². The molecule has 2 aromatic heterocycles. The van der Waals surface area contributed by atoms with Crippen LogP contribution in [-0.4, -0.2) is 78.0 Å². The number of hydrogen-bond donors (Lipinski definition) is 1. The number of carbonyl (C=O) groups excluding carboxylic acids is 1. The van der Waals surface area contributed by atoms with Gasteiger partial charge >= 0.3 is 0 Å². The largest absolute Gasteiger partial charge is 0.369 e. The Morgan fingerprint density at radius 2 is 1.69 bits per heavy atom. The quantitative estimate of drug-likeness (QED) is 0.569. The fraction of sp³-hybridized carbons (Fsp3) is 0.423. The second-order valence-electron chi connectivity index (χ2n) is 9.28. The smallest absolute Gasteiger partial charge is 0.252 e. The fourth-order valence-corrected chi connectivity index (χ4v) is 5.41. The molecule has 0 radical (unpaired) electrons. The molecule has 0 aliphatic carbocycles. The second kappa shape index (κ2) is 10.6. The highest BCUT2D eigenvalue weighted by Gasteiger charge is 2.24. The van der Waals surface area contributed by atoms with Crippen molar-refractivity contribution in [3.05, 3.63) is 74.3 Å². The predicted molar refractivity (Wildman–Crippen MR) is 140 cm³/mol. The molecule has 2 saturated heterocycles. The molecule has 0 atom stereocenters. The summed E-state index contributed by atoms with van der Waals surface area (Å²) in [7, 11) is 0. The van der Waals surface area contributed by atoms with Gasteiger partial charge in [-0.2, -0.15) is 0 Å². The summed E-state index contributed by atoms with van der Waals surface area (Å²) in [6.07, 6.45) is 0.458. The molecule has 2 aliphatic heterocycles. The highest BCUT2D eigenvalue weighted by atomic mass is 32.1.